The molecular weight excluding hydrogens is 330 g/mol. The minimum absolute atomic E-state index is 0.0106. The second-order valence-corrected chi connectivity index (χ2v) is 5.22. The highest BCUT2D eigenvalue weighted by molar-refractivity contribution is 9.10. The minimum Gasteiger partial charge on any atom is -0.271 e. The highest BCUT2D eigenvalue weighted by atomic mass is 79.9. The van der Waals surface area contributed by atoms with E-state index < -0.39 is 17.7 Å². The normalized spacial score (nSPS) is 12.4. The van der Waals surface area contributed by atoms with Crippen LogP contribution >= 0.6 is 15.9 Å². The Morgan fingerprint density at radius 3 is 2.55 bits per heavy atom. The molecule has 20 heavy (non-hydrogen) atoms. The molecule has 0 fully saturated rings. The van der Waals surface area contributed by atoms with Gasteiger partial charge in [-0.1, -0.05) is 0 Å². The van der Waals surface area contributed by atoms with Crippen LogP contribution in [0, 0.1) is 18.6 Å². The zero-order valence-corrected chi connectivity index (χ0v) is 12.3. The van der Waals surface area contributed by atoms with Crippen molar-refractivity contribution < 1.29 is 8.78 Å². The molecule has 0 saturated carbocycles. The van der Waals surface area contributed by atoms with Gasteiger partial charge in [0.1, 0.15) is 17.5 Å². The number of rotatable bonds is 4. The third-order valence-electron chi connectivity index (χ3n) is 2.86. The van der Waals surface area contributed by atoms with E-state index in [4.69, 9.17) is 5.84 Å². The number of nitrogens with two attached hydrogens (primary N) is 1. The van der Waals surface area contributed by atoms with Crippen LogP contribution in [-0.4, -0.2) is 9.97 Å². The number of benzene rings is 1. The summed E-state index contributed by atoms with van der Waals surface area (Å²) < 4.78 is 27.9. The van der Waals surface area contributed by atoms with Gasteiger partial charge in [-0.25, -0.2) is 24.2 Å². The molecule has 106 valence electrons. The van der Waals surface area contributed by atoms with Crippen molar-refractivity contribution in [2.45, 2.75) is 19.4 Å². The van der Waals surface area contributed by atoms with Gasteiger partial charge in [-0.2, -0.15) is 0 Å². The molecule has 0 aliphatic rings. The molecule has 0 saturated heterocycles. The fourth-order valence-electron chi connectivity index (χ4n) is 1.77. The first kappa shape index (κ1) is 15.0. The van der Waals surface area contributed by atoms with Crippen molar-refractivity contribution in [2.24, 2.45) is 5.84 Å². The van der Waals surface area contributed by atoms with E-state index in [0.717, 1.165) is 5.56 Å². The summed E-state index contributed by atoms with van der Waals surface area (Å²) in [5, 5.41) is 0. The zero-order chi connectivity index (χ0) is 14.7. The van der Waals surface area contributed by atoms with Gasteiger partial charge >= 0.3 is 0 Å². The average Bonchev–Trinajstić information content (AvgIpc) is 2.45. The van der Waals surface area contributed by atoms with Crippen LogP contribution in [0.2, 0.25) is 0 Å². The van der Waals surface area contributed by atoms with E-state index in [-0.39, 0.29) is 16.5 Å². The Hall–Kier alpha value is -1.44. The molecule has 3 N–H and O–H groups in total. The summed E-state index contributed by atoms with van der Waals surface area (Å²) in [6.07, 6.45) is 3.26. The fraction of sp³-hybridized carbons (Fsp3) is 0.231. The monoisotopic (exact) mass is 342 g/mol. The van der Waals surface area contributed by atoms with Crippen molar-refractivity contribution in [2.75, 3.05) is 0 Å². The van der Waals surface area contributed by atoms with Crippen molar-refractivity contribution in [1.29, 1.82) is 0 Å². The van der Waals surface area contributed by atoms with Gasteiger partial charge in [0.2, 0.25) is 0 Å². The average molecular weight is 343 g/mol. The second kappa shape index (κ2) is 6.34. The van der Waals surface area contributed by atoms with E-state index in [2.05, 4.69) is 31.3 Å². The summed E-state index contributed by atoms with van der Waals surface area (Å²) in [7, 11) is 0. The van der Waals surface area contributed by atoms with Crippen molar-refractivity contribution in [3.8, 4) is 0 Å². The van der Waals surface area contributed by atoms with Gasteiger partial charge in [0, 0.05) is 24.4 Å². The quantitative estimate of drug-likeness (QED) is 0.509. The van der Waals surface area contributed by atoms with Crippen LogP contribution in [-0.2, 0) is 6.42 Å². The van der Waals surface area contributed by atoms with Gasteiger partial charge in [0.15, 0.2) is 0 Å². The molecule has 0 aliphatic heterocycles. The van der Waals surface area contributed by atoms with Crippen LogP contribution in [0.15, 0.2) is 29.0 Å². The second-order valence-electron chi connectivity index (χ2n) is 4.36. The van der Waals surface area contributed by atoms with Gasteiger partial charge in [-0.05, 0) is 40.5 Å². The summed E-state index contributed by atoms with van der Waals surface area (Å²) in [6.45, 7) is 1.85. The number of halogens is 3. The molecule has 0 radical (unpaired) electrons. The number of hydrogen-bond acceptors (Lipinski definition) is 4. The molecule has 1 atom stereocenters. The molecule has 2 rings (SSSR count). The number of hydrogen-bond donors (Lipinski definition) is 2. The lowest BCUT2D eigenvalue weighted by Gasteiger charge is -2.16. The van der Waals surface area contributed by atoms with E-state index in [0.29, 0.717) is 5.82 Å². The van der Waals surface area contributed by atoms with Crippen LogP contribution in [0.25, 0.3) is 0 Å². The van der Waals surface area contributed by atoms with Crippen molar-refractivity contribution in [3.63, 3.8) is 0 Å². The maximum absolute atomic E-state index is 13.9. The molecule has 2 aromatic rings. The SMILES string of the molecule is Cc1cnc(C(Cc2c(F)ccc(Br)c2F)NN)nc1. The molecule has 7 heteroatoms. The lowest BCUT2D eigenvalue weighted by molar-refractivity contribution is 0.482. The molecule has 1 heterocycles. The van der Waals surface area contributed by atoms with Crippen LogP contribution in [0.4, 0.5) is 8.78 Å². The molecule has 1 aromatic carbocycles. The van der Waals surface area contributed by atoms with Gasteiger partial charge < -0.3 is 0 Å². The Kier molecular flexibility index (Phi) is 4.74. The highest BCUT2D eigenvalue weighted by Gasteiger charge is 2.20. The van der Waals surface area contributed by atoms with E-state index >= 15 is 0 Å². The molecule has 4 nitrogen and oxygen atoms in total. The Labute approximate surface area is 123 Å². The van der Waals surface area contributed by atoms with Crippen molar-refractivity contribution in [1.82, 2.24) is 15.4 Å². The molecule has 0 bridgehead atoms. The molecule has 1 unspecified atom stereocenters. The fourth-order valence-corrected chi connectivity index (χ4v) is 2.14. The van der Waals surface area contributed by atoms with E-state index in [1.807, 2.05) is 6.92 Å². The first-order valence-corrected chi connectivity index (χ1v) is 6.69. The largest absolute Gasteiger partial charge is 0.271 e. The molecule has 0 amide bonds. The number of nitrogens with zero attached hydrogens (tertiary/aromatic N) is 2. The van der Waals surface area contributed by atoms with Crippen molar-refractivity contribution in [3.05, 3.63) is 57.6 Å². The molecular formula is C13H13BrF2N4. The van der Waals surface area contributed by atoms with Crippen LogP contribution < -0.4 is 11.3 Å². The Balaban J connectivity index is 2.31. The zero-order valence-electron chi connectivity index (χ0n) is 10.7. The summed E-state index contributed by atoms with van der Waals surface area (Å²) >= 11 is 3.03. The predicted molar refractivity (Wildman–Crippen MR) is 74.6 cm³/mol. The van der Waals surface area contributed by atoms with Crippen molar-refractivity contribution >= 4 is 15.9 Å². The lowest BCUT2D eigenvalue weighted by Crippen LogP contribution is -2.31. The first-order chi connectivity index (χ1) is 9.52. The molecule has 0 spiro atoms. The van der Waals surface area contributed by atoms with E-state index in [1.54, 1.807) is 12.4 Å². The third kappa shape index (κ3) is 3.17. The van der Waals surface area contributed by atoms with Gasteiger partial charge in [0.05, 0.1) is 10.5 Å². The summed E-state index contributed by atoms with van der Waals surface area (Å²) in [5.41, 5.74) is 3.32. The van der Waals surface area contributed by atoms with Gasteiger partial charge in [-0.15, -0.1) is 0 Å². The summed E-state index contributed by atoms with van der Waals surface area (Å²) in [6, 6.07) is 1.95. The van der Waals surface area contributed by atoms with Gasteiger partial charge in [-0.3, -0.25) is 5.84 Å². The standard InChI is InChI=1S/C13H13BrF2N4/c1-7-5-18-13(19-6-7)11(20-17)4-8-10(15)3-2-9(14)12(8)16/h2-3,5-6,11,20H,4,17H2,1H3. The number of aromatic nitrogens is 2. The molecule has 0 aliphatic carbocycles. The number of aryl methyl sites for hydroxylation is 1. The summed E-state index contributed by atoms with van der Waals surface area (Å²) in [5.74, 6) is 4.56. The minimum atomic E-state index is -0.641. The smallest absolute Gasteiger partial charge is 0.146 e. The maximum Gasteiger partial charge on any atom is 0.146 e. The summed E-state index contributed by atoms with van der Waals surface area (Å²) in [4.78, 5) is 8.23. The van der Waals surface area contributed by atoms with E-state index in [9.17, 15) is 8.78 Å². The first-order valence-electron chi connectivity index (χ1n) is 5.90. The third-order valence-corrected chi connectivity index (χ3v) is 3.47. The van der Waals surface area contributed by atoms with Crippen LogP contribution in [0.5, 0.6) is 0 Å². The Morgan fingerprint density at radius 1 is 1.30 bits per heavy atom. The van der Waals surface area contributed by atoms with E-state index in [1.165, 1.54) is 12.1 Å². The number of nitrogens with one attached hydrogen (secondary N) is 1. The van der Waals surface area contributed by atoms with Crippen LogP contribution in [0.3, 0.4) is 0 Å². The lowest BCUT2D eigenvalue weighted by atomic mass is 10.0. The Morgan fingerprint density at radius 2 is 1.95 bits per heavy atom. The van der Waals surface area contributed by atoms with Gasteiger partial charge in [0.25, 0.3) is 0 Å². The maximum atomic E-state index is 13.9. The predicted octanol–water partition coefficient (Wildman–Crippen LogP) is 2.57. The highest BCUT2D eigenvalue weighted by Crippen LogP contribution is 2.25. The molecule has 1 aromatic heterocycles. The van der Waals surface area contributed by atoms with Crippen LogP contribution in [0.1, 0.15) is 23.0 Å². The topological polar surface area (TPSA) is 63.8 Å². The number of hydrazine groups is 1. The Bertz CT molecular complexity index is 604.